The third-order valence-corrected chi connectivity index (χ3v) is 3.80. The van der Waals surface area contributed by atoms with Gasteiger partial charge in [-0.2, -0.15) is 0 Å². The van der Waals surface area contributed by atoms with Gasteiger partial charge < -0.3 is 15.4 Å². The minimum atomic E-state index is 0.305. The van der Waals surface area contributed by atoms with Crippen LogP contribution in [0, 0.1) is 6.92 Å². The third-order valence-electron chi connectivity index (χ3n) is 3.80. The summed E-state index contributed by atoms with van der Waals surface area (Å²) < 4.78 is 5.60. The summed E-state index contributed by atoms with van der Waals surface area (Å²) >= 11 is 0. The first-order valence-corrected chi connectivity index (χ1v) is 7.76. The van der Waals surface area contributed by atoms with Gasteiger partial charge in [0, 0.05) is 25.8 Å². The van der Waals surface area contributed by atoms with Gasteiger partial charge in [0.05, 0.1) is 6.10 Å². The molecule has 22 heavy (non-hydrogen) atoms. The van der Waals surface area contributed by atoms with Crippen LogP contribution < -0.4 is 10.6 Å². The second-order valence-electron chi connectivity index (χ2n) is 5.64. The Morgan fingerprint density at radius 3 is 2.64 bits per heavy atom. The Bertz CT molecular complexity index is 594. The van der Waals surface area contributed by atoms with E-state index in [0.717, 1.165) is 44.2 Å². The molecular formula is C17H22N4O. The predicted octanol–water partition coefficient (Wildman–Crippen LogP) is 2.99. The largest absolute Gasteiger partial charge is 0.376 e. The summed E-state index contributed by atoms with van der Waals surface area (Å²) in [6, 6.07) is 10.4. The van der Waals surface area contributed by atoms with Crippen molar-refractivity contribution in [3.63, 3.8) is 0 Å². The molecule has 116 valence electrons. The van der Waals surface area contributed by atoms with Gasteiger partial charge >= 0.3 is 0 Å². The van der Waals surface area contributed by atoms with Gasteiger partial charge in [0.25, 0.3) is 0 Å². The lowest BCUT2D eigenvalue weighted by molar-refractivity contribution is 0.120. The minimum Gasteiger partial charge on any atom is -0.376 e. The predicted molar refractivity (Wildman–Crippen MR) is 88.0 cm³/mol. The SMILES string of the molecule is Cc1ccc(CNc2cc(NCC3CCCO3)ncn2)cc1. The molecule has 0 radical (unpaired) electrons. The molecule has 1 atom stereocenters. The first-order valence-electron chi connectivity index (χ1n) is 7.76. The van der Waals surface area contributed by atoms with Crippen LogP contribution in [0.1, 0.15) is 24.0 Å². The third kappa shape index (κ3) is 4.18. The zero-order chi connectivity index (χ0) is 15.2. The number of aromatic nitrogens is 2. The Labute approximate surface area is 131 Å². The summed E-state index contributed by atoms with van der Waals surface area (Å²) in [7, 11) is 0. The van der Waals surface area contributed by atoms with E-state index in [-0.39, 0.29) is 0 Å². The first kappa shape index (κ1) is 14.8. The average molecular weight is 298 g/mol. The van der Waals surface area contributed by atoms with Crippen molar-refractivity contribution in [1.82, 2.24) is 9.97 Å². The summed E-state index contributed by atoms with van der Waals surface area (Å²) in [4.78, 5) is 8.51. The summed E-state index contributed by atoms with van der Waals surface area (Å²) in [5, 5.41) is 6.64. The highest BCUT2D eigenvalue weighted by atomic mass is 16.5. The Morgan fingerprint density at radius 1 is 1.14 bits per heavy atom. The topological polar surface area (TPSA) is 59.1 Å². The molecule has 0 amide bonds. The number of nitrogens with zero attached hydrogens (tertiary/aromatic N) is 2. The Hall–Kier alpha value is -2.14. The maximum Gasteiger partial charge on any atom is 0.131 e. The molecule has 0 aliphatic carbocycles. The zero-order valence-corrected chi connectivity index (χ0v) is 12.9. The summed E-state index contributed by atoms with van der Waals surface area (Å²) in [6.45, 7) is 4.52. The van der Waals surface area contributed by atoms with Gasteiger partial charge in [-0.05, 0) is 25.3 Å². The molecule has 2 N–H and O–H groups in total. The maximum atomic E-state index is 5.60. The van der Waals surface area contributed by atoms with E-state index in [1.807, 2.05) is 6.07 Å². The van der Waals surface area contributed by atoms with Crippen molar-refractivity contribution in [1.29, 1.82) is 0 Å². The second-order valence-corrected chi connectivity index (χ2v) is 5.64. The van der Waals surface area contributed by atoms with Gasteiger partial charge in [0.1, 0.15) is 18.0 Å². The molecule has 1 aromatic carbocycles. The summed E-state index contributed by atoms with van der Waals surface area (Å²) in [5.41, 5.74) is 2.50. The number of benzene rings is 1. The van der Waals surface area contributed by atoms with E-state index in [2.05, 4.69) is 51.8 Å². The molecule has 3 rings (SSSR count). The highest BCUT2D eigenvalue weighted by Crippen LogP contribution is 2.14. The molecule has 2 heterocycles. The first-order chi connectivity index (χ1) is 10.8. The fourth-order valence-corrected chi connectivity index (χ4v) is 2.47. The van der Waals surface area contributed by atoms with Gasteiger partial charge in [0.15, 0.2) is 0 Å². The molecule has 0 saturated carbocycles. The van der Waals surface area contributed by atoms with Crippen molar-refractivity contribution < 1.29 is 4.74 Å². The molecule has 1 aliphatic rings. The summed E-state index contributed by atoms with van der Waals surface area (Å²) in [5.74, 6) is 1.65. The number of hydrogen-bond acceptors (Lipinski definition) is 5. The van der Waals surface area contributed by atoms with E-state index >= 15 is 0 Å². The van der Waals surface area contributed by atoms with Crippen molar-refractivity contribution in [2.75, 3.05) is 23.8 Å². The fraction of sp³-hybridized carbons (Fsp3) is 0.412. The molecule has 0 bridgehead atoms. The van der Waals surface area contributed by atoms with Crippen LogP contribution in [-0.2, 0) is 11.3 Å². The molecule has 1 unspecified atom stereocenters. The summed E-state index contributed by atoms with van der Waals surface area (Å²) in [6.07, 6.45) is 4.16. The lowest BCUT2D eigenvalue weighted by atomic mass is 10.1. The normalized spacial score (nSPS) is 17.4. The van der Waals surface area contributed by atoms with Crippen LogP contribution >= 0.6 is 0 Å². The van der Waals surface area contributed by atoms with Crippen molar-refractivity contribution in [2.45, 2.75) is 32.4 Å². The van der Waals surface area contributed by atoms with Gasteiger partial charge in [-0.25, -0.2) is 9.97 Å². The van der Waals surface area contributed by atoms with E-state index in [0.29, 0.717) is 6.10 Å². The monoisotopic (exact) mass is 298 g/mol. The van der Waals surface area contributed by atoms with Crippen LogP contribution in [0.3, 0.4) is 0 Å². The molecule has 1 aromatic heterocycles. The van der Waals surface area contributed by atoms with Gasteiger partial charge in [0.2, 0.25) is 0 Å². The van der Waals surface area contributed by atoms with E-state index in [9.17, 15) is 0 Å². The maximum absolute atomic E-state index is 5.60. The van der Waals surface area contributed by atoms with Crippen LogP contribution in [0.25, 0.3) is 0 Å². The smallest absolute Gasteiger partial charge is 0.131 e. The van der Waals surface area contributed by atoms with Crippen LogP contribution in [0.5, 0.6) is 0 Å². The number of anilines is 2. The van der Waals surface area contributed by atoms with E-state index in [1.54, 1.807) is 6.33 Å². The lowest BCUT2D eigenvalue weighted by Crippen LogP contribution is -2.19. The minimum absolute atomic E-state index is 0.305. The highest BCUT2D eigenvalue weighted by Gasteiger charge is 2.15. The van der Waals surface area contributed by atoms with Gasteiger partial charge in [-0.3, -0.25) is 0 Å². The number of nitrogens with one attached hydrogen (secondary N) is 2. The molecule has 5 heteroatoms. The fourth-order valence-electron chi connectivity index (χ4n) is 2.47. The molecule has 5 nitrogen and oxygen atoms in total. The number of aryl methyl sites for hydroxylation is 1. The van der Waals surface area contributed by atoms with Gasteiger partial charge in [-0.1, -0.05) is 29.8 Å². The van der Waals surface area contributed by atoms with Crippen LogP contribution in [-0.4, -0.2) is 29.2 Å². The van der Waals surface area contributed by atoms with E-state index in [4.69, 9.17) is 4.74 Å². The lowest BCUT2D eigenvalue weighted by Gasteiger charge is -2.12. The van der Waals surface area contributed by atoms with Crippen molar-refractivity contribution in [3.8, 4) is 0 Å². The molecular weight excluding hydrogens is 276 g/mol. The molecule has 1 fully saturated rings. The molecule has 1 aliphatic heterocycles. The van der Waals surface area contributed by atoms with Gasteiger partial charge in [-0.15, -0.1) is 0 Å². The van der Waals surface area contributed by atoms with E-state index < -0.39 is 0 Å². The van der Waals surface area contributed by atoms with Crippen LogP contribution in [0.4, 0.5) is 11.6 Å². The standard InChI is InChI=1S/C17H22N4O/c1-13-4-6-14(7-5-13)10-18-16-9-17(21-12-20-16)19-11-15-3-2-8-22-15/h4-7,9,12,15H,2-3,8,10-11H2,1H3,(H2,18,19,20,21). The molecule has 2 aromatic rings. The second kappa shape index (κ2) is 7.22. The number of ether oxygens (including phenoxy) is 1. The van der Waals surface area contributed by atoms with Crippen LogP contribution in [0.15, 0.2) is 36.7 Å². The Morgan fingerprint density at radius 2 is 1.91 bits per heavy atom. The zero-order valence-electron chi connectivity index (χ0n) is 12.9. The quantitative estimate of drug-likeness (QED) is 0.858. The van der Waals surface area contributed by atoms with Crippen molar-refractivity contribution in [3.05, 3.63) is 47.8 Å². The Balaban J connectivity index is 1.52. The van der Waals surface area contributed by atoms with E-state index in [1.165, 1.54) is 11.1 Å². The number of hydrogen-bond donors (Lipinski definition) is 2. The van der Waals surface area contributed by atoms with Crippen molar-refractivity contribution >= 4 is 11.6 Å². The Kier molecular flexibility index (Phi) is 4.85. The highest BCUT2D eigenvalue weighted by molar-refractivity contribution is 5.46. The number of rotatable bonds is 6. The molecule has 0 spiro atoms. The molecule has 1 saturated heterocycles. The van der Waals surface area contributed by atoms with Crippen LogP contribution in [0.2, 0.25) is 0 Å². The average Bonchev–Trinajstić information content (AvgIpc) is 3.06. The van der Waals surface area contributed by atoms with Crippen molar-refractivity contribution in [2.24, 2.45) is 0 Å².